The molecule has 1 aliphatic rings. The molecular weight excluding hydrogens is 312 g/mol. The monoisotopic (exact) mass is 332 g/mol. The average molecular weight is 332 g/mol. The average Bonchev–Trinajstić information content (AvgIpc) is 2.90. The minimum absolute atomic E-state index is 0.0102. The van der Waals surface area contributed by atoms with Gasteiger partial charge in [-0.15, -0.1) is 0 Å². The van der Waals surface area contributed by atoms with Gasteiger partial charge in [0.25, 0.3) is 5.91 Å². The number of imide groups is 1. The topological polar surface area (TPSA) is 108 Å². The van der Waals surface area contributed by atoms with E-state index in [1.165, 1.54) is 0 Å². The molecule has 1 saturated heterocycles. The second-order valence-corrected chi connectivity index (χ2v) is 5.33. The molecule has 128 valence electrons. The summed E-state index contributed by atoms with van der Waals surface area (Å²) in [4.78, 5) is 48.2. The Labute approximate surface area is 139 Å². The number of nitrogens with zero attached hydrogens (tertiary/aromatic N) is 1. The summed E-state index contributed by atoms with van der Waals surface area (Å²) in [5.74, 6) is -1.03. The number of benzene rings is 1. The van der Waals surface area contributed by atoms with Crippen molar-refractivity contribution >= 4 is 23.8 Å². The highest BCUT2D eigenvalue weighted by Gasteiger charge is 2.29. The molecule has 0 unspecified atom stereocenters. The maximum Gasteiger partial charge on any atom is 0.324 e. The molecule has 0 atom stereocenters. The first-order valence-electron chi connectivity index (χ1n) is 7.74. The largest absolute Gasteiger partial charge is 0.355 e. The van der Waals surface area contributed by atoms with Gasteiger partial charge in [0.15, 0.2) is 0 Å². The Morgan fingerprint density at radius 1 is 1.21 bits per heavy atom. The molecule has 0 bridgehead atoms. The molecule has 1 fully saturated rings. The van der Waals surface area contributed by atoms with Crippen LogP contribution in [-0.2, 0) is 16.1 Å². The van der Waals surface area contributed by atoms with Crippen molar-refractivity contribution in [1.82, 2.24) is 20.9 Å². The van der Waals surface area contributed by atoms with Crippen molar-refractivity contribution in [3.05, 3.63) is 35.4 Å². The van der Waals surface area contributed by atoms with Gasteiger partial charge in [0, 0.05) is 12.1 Å². The van der Waals surface area contributed by atoms with E-state index in [1.54, 1.807) is 24.3 Å². The van der Waals surface area contributed by atoms with Crippen molar-refractivity contribution in [1.29, 1.82) is 0 Å². The van der Waals surface area contributed by atoms with Gasteiger partial charge in [-0.2, -0.15) is 0 Å². The van der Waals surface area contributed by atoms with E-state index < -0.39 is 11.9 Å². The first-order valence-corrected chi connectivity index (χ1v) is 7.74. The van der Waals surface area contributed by atoms with Crippen LogP contribution in [0.1, 0.15) is 29.3 Å². The summed E-state index contributed by atoms with van der Waals surface area (Å²) in [6.45, 7) is 2.33. The predicted octanol–water partition coefficient (Wildman–Crippen LogP) is -0.00560. The number of carbonyl (C=O) groups is 4. The molecule has 2 rings (SSSR count). The SMILES string of the molecule is CCCNC(=O)CNC(=O)c1ccccc1CN1C(=O)CNC1=O. The number of amides is 5. The zero-order valence-electron chi connectivity index (χ0n) is 13.4. The first kappa shape index (κ1) is 17.5. The lowest BCUT2D eigenvalue weighted by Crippen LogP contribution is -2.38. The van der Waals surface area contributed by atoms with Gasteiger partial charge in [-0.05, 0) is 18.1 Å². The minimum Gasteiger partial charge on any atom is -0.355 e. The van der Waals surface area contributed by atoms with Crippen LogP contribution >= 0.6 is 0 Å². The summed E-state index contributed by atoms with van der Waals surface area (Å²) in [6, 6.07) is 6.19. The second-order valence-electron chi connectivity index (χ2n) is 5.33. The molecular formula is C16H20N4O4. The summed E-state index contributed by atoms with van der Waals surface area (Å²) in [6.07, 6.45) is 0.814. The van der Waals surface area contributed by atoms with Crippen LogP contribution < -0.4 is 16.0 Å². The summed E-state index contributed by atoms with van der Waals surface area (Å²) >= 11 is 0. The maximum atomic E-state index is 12.3. The summed E-state index contributed by atoms with van der Waals surface area (Å²) in [7, 11) is 0. The van der Waals surface area contributed by atoms with E-state index in [9.17, 15) is 19.2 Å². The standard InChI is InChI=1S/C16H20N4O4/c1-2-7-17-13(21)8-18-15(23)12-6-4-3-5-11(12)10-20-14(22)9-19-16(20)24/h3-6H,2,7-10H2,1H3,(H,17,21)(H,18,23)(H,19,24). The molecule has 0 radical (unpaired) electrons. The third-order valence-corrected chi connectivity index (χ3v) is 3.51. The summed E-state index contributed by atoms with van der Waals surface area (Å²) in [5, 5.41) is 7.64. The Morgan fingerprint density at radius 3 is 2.62 bits per heavy atom. The number of hydrogen-bond donors (Lipinski definition) is 3. The highest BCUT2D eigenvalue weighted by Crippen LogP contribution is 2.14. The Morgan fingerprint density at radius 2 is 1.96 bits per heavy atom. The van der Waals surface area contributed by atoms with E-state index in [4.69, 9.17) is 0 Å². The Kier molecular flexibility index (Phi) is 5.89. The molecule has 1 aromatic rings. The molecule has 1 aliphatic heterocycles. The summed E-state index contributed by atoms with van der Waals surface area (Å²) in [5.41, 5.74) is 0.864. The van der Waals surface area contributed by atoms with Crippen molar-refractivity contribution in [3.8, 4) is 0 Å². The molecule has 8 heteroatoms. The zero-order chi connectivity index (χ0) is 17.5. The van der Waals surface area contributed by atoms with Crippen LogP contribution in [0.3, 0.4) is 0 Å². The molecule has 8 nitrogen and oxygen atoms in total. The third kappa shape index (κ3) is 4.31. The van der Waals surface area contributed by atoms with Crippen LogP contribution in [0, 0.1) is 0 Å². The molecule has 1 aromatic carbocycles. The Bertz CT molecular complexity index is 643. The lowest BCUT2D eigenvalue weighted by molar-refractivity contribution is -0.125. The normalized spacial score (nSPS) is 13.6. The van der Waals surface area contributed by atoms with Crippen LogP contribution in [0.25, 0.3) is 0 Å². The third-order valence-electron chi connectivity index (χ3n) is 3.51. The second kappa shape index (κ2) is 8.09. The van der Waals surface area contributed by atoms with Gasteiger partial charge in [0.1, 0.15) is 0 Å². The van der Waals surface area contributed by atoms with E-state index in [-0.39, 0.29) is 31.4 Å². The number of nitrogens with one attached hydrogen (secondary N) is 3. The van der Waals surface area contributed by atoms with Crippen LogP contribution in [0.4, 0.5) is 4.79 Å². The highest BCUT2D eigenvalue weighted by atomic mass is 16.2. The van der Waals surface area contributed by atoms with Crippen molar-refractivity contribution in [3.63, 3.8) is 0 Å². The minimum atomic E-state index is -0.478. The smallest absolute Gasteiger partial charge is 0.324 e. The summed E-state index contributed by atoms with van der Waals surface area (Å²) < 4.78 is 0. The van der Waals surface area contributed by atoms with E-state index in [0.29, 0.717) is 17.7 Å². The fourth-order valence-electron chi connectivity index (χ4n) is 2.25. The van der Waals surface area contributed by atoms with Crippen LogP contribution in [0.2, 0.25) is 0 Å². The van der Waals surface area contributed by atoms with Crippen molar-refractivity contribution < 1.29 is 19.2 Å². The predicted molar refractivity (Wildman–Crippen MR) is 86.0 cm³/mol. The van der Waals surface area contributed by atoms with Crippen molar-refractivity contribution in [2.24, 2.45) is 0 Å². The molecule has 0 aliphatic carbocycles. The molecule has 24 heavy (non-hydrogen) atoms. The van der Waals surface area contributed by atoms with Crippen LogP contribution in [0.5, 0.6) is 0 Å². The molecule has 3 N–H and O–H groups in total. The van der Waals surface area contributed by atoms with Crippen LogP contribution in [0.15, 0.2) is 24.3 Å². The molecule has 0 saturated carbocycles. The zero-order valence-corrected chi connectivity index (χ0v) is 13.4. The fraction of sp³-hybridized carbons (Fsp3) is 0.375. The van der Waals surface area contributed by atoms with Gasteiger partial charge in [0.05, 0.1) is 19.6 Å². The lowest BCUT2D eigenvalue weighted by Gasteiger charge is -2.15. The molecule has 1 heterocycles. The molecule has 0 aromatic heterocycles. The van der Waals surface area contributed by atoms with Crippen molar-refractivity contribution in [2.75, 3.05) is 19.6 Å². The lowest BCUT2D eigenvalue weighted by atomic mass is 10.1. The van der Waals surface area contributed by atoms with Gasteiger partial charge >= 0.3 is 6.03 Å². The van der Waals surface area contributed by atoms with E-state index in [1.807, 2.05) is 6.92 Å². The van der Waals surface area contributed by atoms with E-state index in [0.717, 1.165) is 11.3 Å². The maximum absolute atomic E-state index is 12.3. The Balaban J connectivity index is 2.02. The highest BCUT2D eigenvalue weighted by molar-refractivity contribution is 6.02. The fourth-order valence-corrected chi connectivity index (χ4v) is 2.25. The first-order chi connectivity index (χ1) is 11.5. The number of hydrogen-bond acceptors (Lipinski definition) is 4. The quantitative estimate of drug-likeness (QED) is 0.611. The van der Waals surface area contributed by atoms with E-state index in [2.05, 4.69) is 16.0 Å². The molecule has 5 amide bonds. The van der Waals surface area contributed by atoms with Gasteiger partial charge in [-0.1, -0.05) is 25.1 Å². The number of carbonyl (C=O) groups excluding carboxylic acids is 4. The molecule has 0 spiro atoms. The van der Waals surface area contributed by atoms with Crippen molar-refractivity contribution in [2.45, 2.75) is 19.9 Å². The Hall–Kier alpha value is -2.90. The number of urea groups is 1. The van der Waals surface area contributed by atoms with E-state index >= 15 is 0 Å². The van der Waals surface area contributed by atoms with Crippen LogP contribution in [-0.4, -0.2) is 48.3 Å². The van der Waals surface area contributed by atoms with Gasteiger partial charge in [0.2, 0.25) is 11.8 Å². The number of rotatable bonds is 7. The van der Waals surface area contributed by atoms with Gasteiger partial charge in [-0.3, -0.25) is 19.3 Å². The van der Waals surface area contributed by atoms with Gasteiger partial charge in [-0.25, -0.2) is 4.79 Å². The van der Waals surface area contributed by atoms with Gasteiger partial charge < -0.3 is 16.0 Å².